The molecule has 3 rings (SSSR count). The van der Waals surface area contributed by atoms with Crippen LogP contribution in [0.15, 0.2) is 30.3 Å². The highest BCUT2D eigenvalue weighted by Crippen LogP contribution is 2.31. The van der Waals surface area contributed by atoms with E-state index in [9.17, 15) is 19.2 Å². The van der Waals surface area contributed by atoms with Crippen LogP contribution in [0.25, 0.3) is 0 Å². The second kappa shape index (κ2) is 6.55. The van der Waals surface area contributed by atoms with Gasteiger partial charge in [-0.25, -0.2) is 9.69 Å². The first-order valence-electron chi connectivity index (χ1n) is 8.28. The number of carbonyl (C=O) groups excluding carboxylic acids is 4. The van der Waals surface area contributed by atoms with Gasteiger partial charge in [0.15, 0.2) is 5.78 Å². The quantitative estimate of drug-likeness (QED) is 0.482. The lowest BCUT2D eigenvalue weighted by atomic mass is 9.85. The maximum Gasteiger partial charge on any atom is 0.334 e. The number of Topliss-reactive ketones (excluding diaryl/α,β-unsaturated/α-hetero) is 1. The maximum absolute atomic E-state index is 12.6. The molecule has 1 saturated heterocycles. The van der Waals surface area contributed by atoms with Gasteiger partial charge in [0, 0.05) is 11.6 Å². The maximum atomic E-state index is 12.6. The van der Waals surface area contributed by atoms with Crippen molar-refractivity contribution >= 4 is 23.6 Å². The summed E-state index contributed by atoms with van der Waals surface area (Å²) in [5, 5.41) is 0. The van der Waals surface area contributed by atoms with Crippen molar-refractivity contribution in [3.63, 3.8) is 0 Å². The summed E-state index contributed by atoms with van der Waals surface area (Å²) >= 11 is 0. The van der Waals surface area contributed by atoms with Crippen molar-refractivity contribution in [2.24, 2.45) is 5.92 Å². The molecule has 1 heterocycles. The number of nitrogens with zero attached hydrogens (tertiary/aromatic N) is 2. The normalized spacial score (nSPS) is 24.6. The smallest absolute Gasteiger partial charge is 0.292 e. The SMILES string of the molecule is C[C@@H]1CCCC[C@H]1N1C(=O)C(=O)N(CC(=O)c2ccccc2)C1=O. The fourth-order valence-electron chi connectivity index (χ4n) is 3.49. The predicted molar refractivity (Wildman–Crippen MR) is 86.1 cm³/mol. The van der Waals surface area contributed by atoms with Crippen molar-refractivity contribution in [3.05, 3.63) is 35.9 Å². The van der Waals surface area contributed by atoms with Crippen LogP contribution in [-0.4, -0.2) is 46.0 Å². The average Bonchev–Trinajstić information content (AvgIpc) is 2.80. The molecular weight excluding hydrogens is 308 g/mol. The number of urea groups is 1. The molecule has 1 aromatic rings. The fraction of sp³-hybridized carbons (Fsp3) is 0.444. The summed E-state index contributed by atoms with van der Waals surface area (Å²) in [6.07, 6.45) is 3.65. The molecule has 2 aliphatic rings. The monoisotopic (exact) mass is 328 g/mol. The molecule has 1 saturated carbocycles. The van der Waals surface area contributed by atoms with E-state index in [0.29, 0.717) is 12.0 Å². The molecule has 1 aromatic carbocycles. The number of rotatable bonds is 4. The van der Waals surface area contributed by atoms with E-state index >= 15 is 0 Å². The molecule has 0 bridgehead atoms. The van der Waals surface area contributed by atoms with Crippen LogP contribution >= 0.6 is 0 Å². The van der Waals surface area contributed by atoms with Crippen molar-refractivity contribution in [2.45, 2.75) is 38.6 Å². The van der Waals surface area contributed by atoms with Gasteiger partial charge in [0.1, 0.15) is 0 Å². The average molecular weight is 328 g/mol. The van der Waals surface area contributed by atoms with Gasteiger partial charge in [0.2, 0.25) is 0 Å². The summed E-state index contributed by atoms with van der Waals surface area (Å²) in [5.74, 6) is -1.89. The van der Waals surface area contributed by atoms with Crippen LogP contribution in [0.1, 0.15) is 43.0 Å². The van der Waals surface area contributed by atoms with Crippen LogP contribution in [0.4, 0.5) is 4.79 Å². The van der Waals surface area contributed by atoms with E-state index in [-0.39, 0.29) is 17.7 Å². The third-order valence-electron chi connectivity index (χ3n) is 4.88. The van der Waals surface area contributed by atoms with Gasteiger partial charge in [0.25, 0.3) is 0 Å². The first-order valence-corrected chi connectivity index (χ1v) is 8.28. The lowest BCUT2D eigenvalue weighted by Crippen LogP contribution is -2.46. The molecule has 24 heavy (non-hydrogen) atoms. The zero-order chi connectivity index (χ0) is 17.3. The Bertz CT molecular complexity index is 686. The molecule has 1 aliphatic heterocycles. The largest absolute Gasteiger partial charge is 0.334 e. The van der Waals surface area contributed by atoms with E-state index < -0.39 is 24.4 Å². The molecule has 0 spiro atoms. The van der Waals surface area contributed by atoms with Gasteiger partial charge in [-0.15, -0.1) is 0 Å². The van der Waals surface area contributed by atoms with Gasteiger partial charge in [-0.3, -0.25) is 19.3 Å². The van der Waals surface area contributed by atoms with Crippen molar-refractivity contribution in [1.82, 2.24) is 9.80 Å². The fourth-order valence-corrected chi connectivity index (χ4v) is 3.49. The molecule has 0 N–H and O–H groups in total. The van der Waals surface area contributed by atoms with Crippen LogP contribution in [0.5, 0.6) is 0 Å². The molecule has 6 nitrogen and oxygen atoms in total. The molecule has 0 aromatic heterocycles. The molecule has 2 atom stereocenters. The summed E-state index contributed by atoms with van der Waals surface area (Å²) in [6, 6.07) is 7.53. The number of benzene rings is 1. The Morgan fingerprint density at radius 2 is 1.71 bits per heavy atom. The van der Waals surface area contributed by atoms with Gasteiger partial charge in [-0.2, -0.15) is 0 Å². The van der Waals surface area contributed by atoms with Crippen molar-refractivity contribution in [1.29, 1.82) is 0 Å². The molecule has 0 unspecified atom stereocenters. The Balaban J connectivity index is 1.78. The molecular formula is C18H20N2O4. The van der Waals surface area contributed by atoms with E-state index in [4.69, 9.17) is 0 Å². The standard InChI is InChI=1S/C18H20N2O4/c1-12-7-5-6-10-14(12)20-17(23)16(22)19(18(20)24)11-15(21)13-8-3-2-4-9-13/h2-4,8-9,12,14H,5-7,10-11H2,1H3/t12-,14-/m1/s1. The van der Waals surface area contributed by atoms with Crippen LogP contribution in [0, 0.1) is 5.92 Å². The van der Waals surface area contributed by atoms with E-state index in [2.05, 4.69) is 0 Å². The highest BCUT2D eigenvalue weighted by Gasteiger charge is 2.49. The Morgan fingerprint density at radius 3 is 2.38 bits per heavy atom. The molecule has 4 amide bonds. The van der Waals surface area contributed by atoms with E-state index in [0.717, 1.165) is 29.1 Å². The zero-order valence-electron chi connectivity index (χ0n) is 13.6. The molecule has 0 radical (unpaired) electrons. The summed E-state index contributed by atoms with van der Waals surface area (Å²) in [7, 11) is 0. The Kier molecular flexibility index (Phi) is 4.46. The number of carbonyl (C=O) groups is 4. The highest BCUT2D eigenvalue weighted by atomic mass is 16.2. The molecule has 1 aliphatic carbocycles. The Labute approximate surface area is 140 Å². The van der Waals surface area contributed by atoms with Gasteiger partial charge < -0.3 is 0 Å². The first-order chi connectivity index (χ1) is 11.5. The van der Waals surface area contributed by atoms with E-state index in [1.165, 1.54) is 0 Å². The van der Waals surface area contributed by atoms with Gasteiger partial charge >= 0.3 is 17.8 Å². The third-order valence-corrected chi connectivity index (χ3v) is 4.88. The third kappa shape index (κ3) is 2.84. The topological polar surface area (TPSA) is 74.8 Å². The summed E-state index contributed by atoms with van der Waals surface area (Å²) in [4.78, 5) is 51.2. The summed E-state index contributed by atoms with van der Waals surface area (Å²) in [6.45, 7) is 1.59. The second-order valence-corrected chi connectivity index (χ2v) is 6.47. The summed E-state index contributed by atoms with van der Waals surface area (Å²) in [5.41, 5.74) is 0.412. The first kappa shape index (κ1) is 16.4. The van der Waals surface area contributed by atoms with Crippen molar-refractivity contribution < 1.29 is 19.2 Å². The van der Waals surface area contributed by atoms with Crippen LogP contribution in [0.2, 0.25) is 0 Å². The van der Waals surface area contributed by atoms with Gasteiger partial charge in [-0.05, 0) is 18.8 Å². The number of hydrogen-bond acceptors (Lipinski definition) is 4. The molecule has 6 heteroatoms. The molecule has 2 fully saturated rings. The van der Waals surface area contributed by atoms with Crippen molar-refractivity contribution in [2.75, 3.05) is 6.54 Å². The van der Waals surface area contributed by atoms with E-state index in [1.54, 1.807) is 30.3 Å². The molecule has 126 valence electrons. The number of amides is 4. The minimum absolute atomic E-state index is 0.171. The number of ketones is 1. The van der Waals surface area contributed by atoms with Crippen molar-refractivity contribution in [3.8, 4) is 0 Å². The zero-order valence-corrected chi connectivity index (χ0v) is 13.6. The Hall–Kier alpha value is -2.50. The lowest BCUT2D eigenvalue weighted by molar-refractivity contribution is -0.144. The van der Waals surface area contributed by atoms with E-state index in [1.807, 2.05) is 6.92 Å². The minimum atomic E-state index is -0.901. The predicted octanol–water partition coefficient (Wildman–Crippen LogP) is 2.24. The van der Waals surface area contributed by atoms with Crippen LogP contribution in [-0.2, 0) is 9.59 Å². The Morgan fingerprint density at radius 1 is 1.04 bits per heavy atom. The van der Waals surface area contributed by atoms with Gasteiger partial charge in [0.05, 0.1) is 6.54 Å². The van der Waals surface area contributed by atoms with Crippen LogP contribution < -0.4 is 0 Å². The minimum Gasteiger partial charge on any atom is -0.292 e. The number of imide groups is 2. The highest BCUT2D eigenvalue weighted by molar-refractivity contribution is 6.45. The second-order valence-electron chi connectivity index (χ2n) is 6.47. The lowest BCUT2D eigenvalue weighted by Gasteiger charge is -2.34. The summed E-state index contributed by atoms with van der Waals surface area (Å²) < 4.78 is 0. The number of hydrogen-bond donors (Lipinski definition) is 0. The van der Waals surface area contributed by atoms with Crippen LogP contribution in [0.3, 0.4) is 0 Å². The van der Waals surface area contributed by atoms with Gasteiger partial charge in [-0.1, -0.05) is 50.1 Å².